The lowest BCUT2D eigenvalue weighted by Gasteiger charge is -2.35. The lowest BCUT2D eigenvalue weighted by Crippen LogP contribution is -2.33. The van der Waals surface area contributed by atoms with Crippen molar-refractivity contribution in [3.63, 3.8) is 0 Å². The van der Waals surface area contributed by atoms with E-state index < -0.39 is 21.8 Å². The summed E-state index contributed by atoms with van der Waals surface area (Å²) >= 11 is 0. The number of nitro groups is 1. The molecule has 5 heteroatoms. The molecule has 16 heavy (non-hydrogen) atoms. The molecule has 1 aromatic rings. The molecule has 1 aromatic carbocycles. The molecule has 2 rings (SSSR count). The van der Waals surface area contributed by atoms with Crippen molar-refractivity contribution >= 4 is 5.69 Å². The van der Waals surface area contributed by atoms with Crippen LogP contribution in [0.1, 0.15) is 24.8 Å². The van der Waals surface area contributed by atoms with Gasteiger partial charge in [0.25, 0.3) is 0 Å². The van der Waals surface area contributed by atoms with Gasteiger partial charge in [-0.1, -0.05) is 12.1 Å². The van der Waals surface area contributed by atoms with Gasteiger partial charge in [-0.2, -0.15) is 9.65 Å². The van der Waals surface area contributed by atoms with Crippen molar-refractivity contribution in [1.29, 1.82) is 5.26 Å². The summed E-state index contributed by atoms with van der Waals surface area (Å²) in [7, 11) is 0. The smallest absolute Gasteiger partial charge is 0.258 e. The van der Waals surface area contributed by atoms with Crippen LogP contribution in [0.3, 0.4) is 0 Å². The normalized spacial score (nSPS) is 17.2. The number of halogens is 1. The monoisotopic (exact) mass is 220 g/mol. The number of hydrogen-bond donors (Lipinski definition) is 0. The number of nitro benzene ring substituents is 1. The quantitative estimate of drug-likeness (QED) is 0.568. The summed E-state index contributed by atoms with van der Waals surface area (Å²) in [5.74, 6) is -0.867. The zero-order valence-electron chi connectivity index (χ0n) is 8.44. The molecule has 1 saturated carbocycles. The minimum Gasteiger partial charge on any atom is -0.258 e. The van der Waals surface area contributed by atoms with E-state index in [9.17, 15) is 14.5 Å². The first-order chi connectivity index (χ1) is 7.60. The van der Waals surface area contributed by atoms with Crippen LogP contribution in [0, 0.1) is 27.3 Å². The van der Waals surface area contributed by atoms with Gasteiger partial charge in [-0.3, -0.25) is 10.1 Å². The van der Waals surface area contributed by atoms with Crippen LogP contribution in [-0.4, -0.2) is 4.92 Å². The number of benzene rings is 1. The average molecular weight is 220 g/mol. The Hall–Kier alpha value is -1.96. The fraction of sp³-hybridized carbons (Fsp3) is 0.364. The Bertz CT molecular complexity index is 489. The summed E-state index contributed by atoms with van der Waals surface area (Å²) in [4.78, 5) is 9.82. The maximum Gasteiger partial charge on any atom is 0.305 e. The molecule has 4 nitrogen and oxygen atoms in total. The van der Waals surface area contributed by atoms with Crippen molar-refractivity contribution in [2.45, 2.75) is 24.7 Å². The summed E-state index contributed by atoms with van der Waals surface area (Å²) in [6.45, 7) is 0. The Labute approximate surface area is 91.5 Å². The topological polar surface area (TPSA) is 66.9 Å². The van der Waals surface area contributed by atoms with Crippen molar-refractivity contribution in [2.75, 3.05) is 0 Å². The van der Waals surface area contributed by atoms with Crippen molar-refractivity contribution in [3.8, 4) is 6.07 Å². The highest BCUT2D eigenvalue weighted by Crippen LogP contribution is 2.45. The van der Waals surface area contributed by atoms with Crippen LogP contribution < -0.4 is 0 Å². The molecule has 0 bridgehead atoms. The molecule has 1 aliphatic rings. The maximum atomic E-state index is 13.8. The van der Waals surface area contributed by atoms with Gasteiger partial charge in [0.15, 0.2) is 0 Å². The third-order valence-electron chi connectivity index (χ3n) is 3.11. The van der Waals surface area contributed by atoms with Gasteiger partial charge in [0.05, 0.1) is 16.4 Å². The molecule has 1 fully saturated rings. The third-order valence-corrected chi connectivity index (χ3v) is 3.11. The summed E-state index contributed by atoms with van der Waals surface area (Å²) in [5, 5.41) is 19.6. The second kappa shape index (κ2) is 3.56. The second-order valence-electron chi connectivity index (χ2n) is 3.94. The summed E-state index contributed by atoms with van der Waals surface area (Å²) in [6.07, 6.45) is 2.00. The Kier molecular flexibility index (Phi) is 2.35. The molecule has 0 heterocycles. The first-order valence-corrected chi connectivity index (χ1v) is 4.95. The largest absolute Gasteiger partial charge is 0.305 e. The van der Waals surface area contributed by atoms with Gasteiger partial charge in [-0.15, -0.1) is 0 Å². The lowest BCUT2D eigenvalue weighted by atomic mass is 9.65. The Balaban J connectivity index is 2.55. The van der Waals surface area contributed by atoms with E-state index in [1.165, 1.54) is 12.1 Å². The standard InChI is InChI=1S/C11H9FN2O2/c12-10-8(11(7-13)5-2-6-11)3-1-4-9(10)14(15)16/h1,3-4H,2,5-6H2. The van der Waals surface area contributed by atoms with E-state index in [0.717, 1.165) is 12.5 Å². The Morgan fingerprint density at radius 1 is 1.50 bits per heavy atom. The molecule has 0 saturated heterocycles. The van der Waals surface area contributed by atoms with Gasteiger partial charge in [-0.25, -0.2) is 0 Å². The molecule has 0 N–H and O–H groups in total. The van der Waals surface area contributed by atoms with Crippen LogP contribution in [0.15, 0.2) is 18.2 Å². The van der Waals surface area contributed by atoms with Gasteiger partial charge in [0.1, 0.15) is 0 Å². The molecule has 0 unspecified atom stereocenters. The Morgan fingerprint density at radius 2 is 2.19 bits per heavy atom. The minimum atomic E-state index is -0.867. The summed E-state index contributed by atoms with van der Waals surface area (Å²) in [5.41, 5.74) is -1.25. The van der Waals surface area contributed by atoms with Crippen molar-refractivity contribution in [3.05, 3.63) is 39.7 Å². The zero-order valence-corrected chi connectivity index (χ0v) is 8.44. The summed E-state index contributed by atoms with van der Waals surface area (Å²) < 4.78 is 13.8. The van der Waals surface area contributed by atoms with Crippen LogP contribution >= 0.6 is 0 Å². The predicted molar refractivity (Wildman–Crippen MR) is 54.2 cm³/mol. The van der Waals surface area contributed by atoms with E-state index >= 15 is 0 Å². The number of rotatable bonds is 2. The van der Waals surface area contributed by atoms with Crippen LogP contribution in [0.2, 0.25) is 0 Å². The van der Waals surface area contributed by atoms with Gasteiger partial charge in [0.2, 0.25) is 5.82 Å². The third kappa shape index (κ3) is 1.34. The van der Waals surface area contributed by atoms with Crippen molar-refractivity contribution in [2.24, 2.45) is 0 Å². The van der Waals surface area contributed by atoms with E-state index in [1.54, 1.807) is 0 Å². The maximum absolute atomic E-state index is 13.8. The van der Waals surface area contributed by atoms with Crippen LogP contribution in [0.25, 0.3) is 0 Å². The number of nitriles is 1. The van der Waals surface area contributed by atoms with E-state index in [2.05, 4.69) is 6.07 Å². The van der Waals surface area contributed by atoms with E-state index in [1.807, 2.05) is 0 Å². The van der Waals surface area contributed by atoms with Crippen LogP contribution in [-0.2, 0) is 5.41 Å². The molecule has 0 spiro atoms. The first-order valence-electron chi connectivity index (χ1n) is 4.95. The van der Waals surface area contributed by atoms with Crippen LogP contribution in [0.5, 0.6) is 0 Å². The lowest BCUT2D eigenvalue weighted by molar-refractivity contribution is -0.387. The molecule has 0 radical (unpaired) electrons. The van der Waals surface area contributed by atoms with Gasteiger partial charge >= 0.3 is 5.69 Å². The zero-order chi connectivity index (χ0) is 11.8. The molecule has 0 aliphatic heterocycles. The fourth-order valence-corrected chi connectivity index (χ4v) is 2.00. The minimum absolute atomic E-state index is 0.162. The Morgan fingerprint density at radius 3 is 2.62 bits per heavy atom. The van der Waals surface area contributed by atoms with E-state index in [0.29, 0.717) is 12.8 Å². The molecule has 0 atom stereocenters. The van der Waals surface area contributed by atoms with Crippen molar-refractivity contribution < 1.29 is 9.31 Å². The molecule has 0 aromatic heterocycles. The van der Waals surface area contributed by atoms with Gasteiger partial charge < -0.3 is 0 Å². The van der Waals surface area contributed by atoms with Gasteiger partial charge in [0, 0.05) is 11.6 Å². The average Bonchev–Trinajstić information content (AvgIpc) is 2.19. The van der Waals surface area contributed by atoms with E-state index in [4.69, 9.17) is 5.26 Å². The second-order valence-corrected chi connectivity index (χ2v) is 3.94. The summed E-state index contributed by atoms with van der Waals surface area (Å²) in [6, 6.07) is 6.08. The molecule has 1 aliphatic carbocycles. The molecule has 0 amide bonds. The molecular weight excluding hydrogens is 211 g/mol. The number of hydrogen-bond acceptors (Lipinski definition) is 3. The SMILES string of the molecule is N#CC1(c2cccc([N+](=O)[O-])c2F)CCC1. The van der Waals surface area contributed by atoms with Crippen LogP contribution in [0.4, 0.5) is 10.1 Å². The van der Waals surface area contributed by atoms with E-state index in [-0.39, 0.29) is 5.56 Å². The molecule has 82 valence electrons. The highest BCUT2D eigenvalue weighted by molar-refractivity contribution is 5.44. The predicted octanol–water partition coefficient (Wildman–Crippen LogP) is 2.68. The van der Waals surface area contributed by atoms with Gasteiger partial charge in [-0.05, 0) is 19.3 Å². The highest BCUT2D eigenvalue weighted by Gasteiger charge is 2.42. The number of nitrogens with zero attached hydrogens (tertiary/aromatic N) is 2. The highest BCUT2D eigenvalue weighted by atomic mass is 19.1. The molecular formula is C11H9FN2O2. The van der Waals surface area contributed by atoms with Crippen molar-refractivity contribution in [1.82, 2.24) is 0 Å². The first kappa shape index (κ1) is 10.6. The fourth-order valence-electron chi connectivity index (χ4n) is 2.00.